The van der Waals surface area contributed by atoms with Gasteiger partial charge in [0.2, 0.25) is 5.96 Å². The van der Waals surface area contributed by atoms with E-state index in [1.807, 2.05) is 6.92 Å². The zero-order valence-electron chi connectivity index (χ0n) is 11.9. The molecule has 0 spiro atoms. The monoisotopic (exact) mass is 333 g/mol. The quantitative estimate of drug-likeness (QED) is 0.584. The molecule has 0 fully saturated rings. The van der Waals surface area contributed by atoms with Crippen molar-refractivity contribution in [1.82, 2.24) is 24.7 Å². The standard InChI is InChI=1S/C10H19N7O2S2/c1-8-9(13-6-12-8)5-20-4-3-14-17-7-16(2)10(11)15-21(17,18)19/h6,14H,3-5,7H2,1-2H3,(H2,11,15)(H,12,13). The molecule has 21 heavy (non-hydrogen) atoms. The lowest BCUT2D eigenvalue weighted by atomic mass is 10.4. The van der Waals surface area contributed by atoms with E-state index in [-0.39, 0.29) is 12.6 Å². The summed E-state index contributed by atoms with van der Waals surface area (Å²) in [4.78, 5) is 8.77. The summed E-state index contributed by atoms with van der Waals surface area (Å²) >= 11 is 1.67. The first kappa shape index (κ1) is 16.1. The topological polar surface area (TPSA) is 120 Å². The van der Waals surface area contributed by atoms with Crippen molar-refractivity contribution >= 4 is 27.9 Å². The molecular weight excluding hydrogens is 314 g/mol. The van der Waals surface area contributed by atoms with Crippen LogP contribution in [0.1, 0.15) is 11.4 Å². The van der Waals surface area contributed by atoms with E-state index in [1.165, 1.54) is 0 Å². The number of aromatic nitrogens is 2. The average molecular weight is 333 g/mol. The summed E-state index contributed by atoms with van der Waals surface area (Å²) in [5.74, 6) is 1.53. The minimum Gasteiger partial charge on any atom is -0.369 e. The van der Waals surface area contributed by atoms with Gasteiger partial charge in [0, 0.05) is 30.8 Å². The van der Waals surface area contributed by atoms with Gasteiger partial charge in [-0.3, -0.25) is 0 Å². The lowest BCUT2D eigenvalue weighted by Gasteiger charge is -2.30. The van der Waals surface area contributed by atoms with Gasteiger partial charge in [0.25, 0.3) is 0 Å². The second-order valence-corrected chi connectivity index (χ2v) is 7.17. The zero-order valence-corrected chi connectivity index (χ0v) is 13.5. The molecule has 1 aromatic rings. The summed E-state index contributed by atoms with van der Waals surface area (Å²) in [6.45, 7) is 2.62. The molecule has 11 heteroatoms. The molecule has 0 bridgehead atoms. The Morgan fingerprint density at radius 1 is 1.57 bits per heavy atom. The van der Waals surface area contributed by atoms with Crippen LogP contribution < -0.4 is 11.2 Å². The van der Waals surface area contributed by atoms with E-state index in [2.05, 4.69) is 19.8 Å². The molecule has 0 unspecified atom stereocenters. The lowest BCUT2D eigenvalue weighted by molar-refractivity contribution is 0.239. The second-order valence-electron chi connectivity index (χ2n) is 4.55. The fourth-order valence-electron chi connectivity index (χ4n) is 1.65. The third-order valence-electron chi connectivity index (χ3n) is 2.93. The predicted molar refractivity (Wildman–Crippen MR) is 82.5 cm³/mol. The smallest absolute Gasteiger partial charge is 0.340 e. The molecule has 9 nitrogen and oxygen atoms in total. The number of hydrogen-bond acceptors (Lipinski definition) is 7. The van der Waals surface area contributed by atoms with Gasteiger partial charge in [-0.05, 0) is 6.92 Å². The van der Waals surface area contributed by atoms with Crippen molar-refractivity contribution in [2.24, 2.45) is 10.1 Å². The number of thioether (sulfide) groups is 1. The van der Waals surface area contributed by atoms with E-state index in [0.717, 1.165) is 27.3 Å². The van der Waals surface area contributed by atoms with E-state index in [1.54, 1.807) is 30.0 Å². The second kappa shape index (κ2) is 6.64. The van der Waals surface area contributed by atoms with Crippen LogP contribution in [0.3, 0.4) is 0 Å². The van der Waals surface area contributed by atoms with E-state index in [4.69, 9.17) is 5.73 Å². The first-order chi connectivity index (χ1) is 9.90. The summed E-state index contributed by atoms with van der Waals surface area (Å²) in [5, 5.41) is 0. The maximum Gasteiger partial charge on any atom is 0.340 e. The Kier molecular flexibility index (Phi) is 5.08. The third kappa shape index (κ3) is 4.09. The first-order valence-electron chi connectivity index (χ1n) is 6.29. The predicted octanol–water partition coefficient (Wildman–Crippen LogP) is -0.780. The van der Waals surface area contributed by atoms with E-state index in [9.17, 15) is 8.42 Å². The Morgan fingerprint density at radius 2 is 2.33 bits per heavy atom. The van der Waals surface area contributed by atoms with Crippen LogP contribution in [0.4, 0.5) is 0 Å². The highest BCUT2D eigenvalue weighted by Crippen LogP contribution is 2.12. The molecule has 1 aliphatic heterocycles. The molecular formula is C10H19N7O2S2. The van der Waals surface area contributed by atoms with Gasteiger partial charge in [-0.25, -0.2) is 10.4 Å². The Balaban J connectivity index is 1.75. The normalized spacial score (nSPS) is 18.8. The van der Waals surface area contributed by atoms with Crippen molar-refractivity contribution in [3.05, 3.63) is 17.7 Å². The van der Waals surface area contributed by atoms with Crippen LogP contribution in [-0.2, 0) is 16.0 Å². The van der Waals surface area contributed by atoms with Gasteiger partial charge in [-0.15, -0.1) is 4.40 Å². The van der Waals surface area contributed by atoms with Crippen molar-refractivity contribution in [2.45, 2.75) is 12.7 Å². The fraction of sp³-hybridized carbons (Fsp3) is 0.600. The van der Waals surface area contributed by atoms with Gasteiger partial charge < -0.3 is 15.6 Å². The molecule has 4 N–H and O–H groups in total. The van der Waals surface area contributed by atoms with Crippen LogP contribution in [0.2, 0.25) is 0 Å². The molecule has 1 aliphatic rings. The number of aromatic amines is 1. The van der Waals surface area contributed by atoms with Gasteiger partial charge in [-0.2, -0.15) is 20.2 Å². The average Bonchev–Trinajstić information content (AvgIpc) is 2.80. The van der Waals surface area contributed by atoms with Gasteiger partial charge in [0.15, 0.2) is 0 Å². The lowest BCUT2D eigenvalue weighted by Crippen LogP contribution is -2.55. The van der Waals surface area contributed by atoms with Crippen LogP contribution in [0, 0.1) is 6.92 Å². The molecule has 1 aromatic heterocycles. The number of imidazole rings is 1. The largest absolute Gasteiger partial charge is 0.369 e. The van der Waals surface area contributed by atoms with Crippen LogP contribution in [0.5, 0.6) is 0 Å². The number of nitrogens with one attached hydrogen (secondary N) is 2. The van der Waals surface area contributed by atoms with E-state index in [0.29, 0.717) is 6.54 Å². The van der Waals surface area contributed by atoms with Crippen LogP contribution in [-0.4, -0.2) is 59.7 Å². The first-order valence-corrected chi connectivity index (χ1v) is 8.84. The maximum atomic E-state index is 11.8. The fourth-order valence-corrected chi connectivity index (χ4v) is 3.56. The number of H-pyrrole nitrogens is 1. The Morgan fingerprint density at radius 3 is 3.00 bits per heavy atom. The number of nitrogens with two attached hydrogens (primary N) is 1. The summed E-state index contributed by atoms with van der Waals surface area (Å²) in [5.41, 5.74) is 10.4. The van der Waals surface area contributed by atoms with Crippen molar-refractivity contribution in [3.63, 3.8) is 0 Å². The van der Waals surface area contributed by atoms with Crippen LogP contribution >= 0.6 is 11.8 Å². The summed E-state index contributed by atoms with van der Waals surface area (Å²) in [6, 6.07) is 0. The summed E-state index contributed by atoms with van der Waals surface area (Å²) < 4.78 is 28.1. The highest BCUT2D eigenvalue weighted by Gasteiger charge is 2.28. The maximum absolute atomic E-state index is 11.8. The van der Waals surface area contributed by atoms with Crippen molar-refractivity contribution in [1.29, 1.82) is 0 Å². The summed E-state index contributed by atoms with van der Waals surface area (Å²) in [6.07, 6.45) is 1.67. The van der Waals surface area contributed by atoms with Gasteiger partial charge in [-0.1, -0.05) is 4.41 Å². The SMILES string of the molecule is Cc1[nH]cnc1CSCCNN1CN(C)C(N)=NS1(=O)=O. The van der Waals surface area contributed by atoms with E-state index < -0.39 is 10.2 Å². The number of aryl methyl sites for hydroxylation is 1. The molecule has 0 atom stereocenters. The molecule has 0 aliphatic carbocycles. The molecule has 2 rings (SSSR count). The van der Waals surface area contributed by atoms with Crippen molar-refractivity contribution in [3.8, 4) is 0 Å². The number of guanidine groups is 1. The molecule has 0 amide bonds. The van der Waals surface area contributed by atoms with Crippen LogP contribution in [0.15, 0.2) is 10.7 Å². The zero-order chi connectivity index (χ0) is 15.5. The van der Waals surface area contributed by atoms with Crippen molar-refractivity contribution in [2.75, 3.05) is 26.0 Å². The molecule has 0 radical (unpaired) electrons. The van der Waals surface area contributed by atoms with Crippen molar-refractivity contribution < 1.29 is 8.42 Å². The number of rotatable bonds is 6. The molecule has 0 saturated heterocycles. The highest BCUT2D eigenvalue weighted by molar-refractivity contribution is 7.98. The molecule has 2 heterocycles. The minimum absolute atomic E-state index is 0.00330. The number of nitrogens with zero attached hydrogens (tertiary/aromatic N) is 4. The minimum atomic E-state index is -3.73. The molecule has 0 saturated carbocycles. The summed E-state index contributed by atoms with van der Waals surface area (Å²) in [7, 11) is -2.05. The number of hydrogen-bond donors (Lipinski definition) is 3. The molecule has 0 aromatic carbocycles. The Bertz CT molecular complexity index is 613. The highest BCUT2D eigenvalue weighted by atomic mass is 32.2. The van der Waals surface area contributed by atoms with Gasteiger partial charge >= 0.3 is 10.2 Å². The van der Waals surface area contributed by atoms with Crippen LogP contribution in [0.25, 0.3) is 0 Å². The number of hydrazine groups is 1. The Hall–Kier alpha value is -1.30. The van der Waals surface area contributed by atoms with Gasteiger partial charge in [0.1, 0.15) is 6.67 Å². The van der Waals surface area contributed by atoms with Gasteiger partial charge in [0.05, 0.1) is 12.0 Å². The Labute approximate surface area is 128 Å². The molecule has 118 valence electrons. The third-order valence-corrected chi connectivity index (χ3v) is 5.12. The van der Waals surface area contributed by atoms with E-state index >= 15 is 0 Å².